The summed E-state index contributed by atoms with van der Waals surface area (Å²) in [6.45, 7) is -5.96. The second-order valence-corrected chi connectivity index (χ2v) is 6.99. The van der Waals surface area contributed by atoms with Crippen LogP contribution < -0.4 is 20.1 Å². The van der Waals surface area contributed by atoms with E-state index in [1.54, 1.807) is 43.3 Å². The average Bonchev–Trinajstić information content (AvgIpc) is 2.70. The van der Waals surface area contributed by atoms with E-state index in [1.165, 1.54) is 12.1 Å². The molecule has 2 N–H and O–H groups in total. The number of carbonyl (C=O) groups is 2. The molecule has 0 aromatic heterocycles. The van der Waals surface area contributed by atoms with Crippen molar-refractivity contribution in [3.8, 4) is 11.5 Å². The quantitative estimate of drug-likeness (QED) is 0.388. The zero-order chi connectivity index (χ0) is 24.4. The van der Waals surface area contributed by atoms with Gasteiger partial charge in [-0.05, 0) is 50.0 Å². The van der Waals surface area contributed by atoms with E-state index in [1.807, 2.05) is 0 Å². The molecule has 2 aromatic carbocycles. The van der Waals surface area contributed by atoms with Crippen LogP contribution in [0.2, 0.25) is 0 Å². The van der Waals surface area contributed by atoms with Gasteiger partial charge in [0, 0.05) is 29.9 Å². The highest BCUT2D eigenvalue weighted by Crippen LogP contribution is 2.28. The Kier molecular flexibility index (Phi) is 9.67. The van der Waals surface area contributed by atoms with Gasteiger partial charge in [-0.15, -0.1) is 0 Å². The molecule has 2 rings (SSSR count). The minimum atomic E-state index is -3.20. The minimum Gasteiger partial charge on any atom is -0.435 e. The number of amides is 2. The monoisotopic (exact) mass is 469 g/mol. The molecule has 0 fully saturated rings. The molecule has 0 saturated heterocycles. The molecule has 0 atom stereocenters. The molecular weight excluding hydrogens is 446 g/mol. The second kappa shape index (κ2) is 12.4. The number of ether oxygens (including phenoxy) is 2. The third kappa shape index (κ3) is 9.60. The fourth-order valence-electron chi connectivity index (χ4n) is 2.69. The van der Waals surface area contributed by atoms with Crippen LogP contribution in [0.15, 0.2) is 48.5 Å². The van der Waals surface area contributed by atoms with Gasteiger partial charge < -0.3 is 25.0 Å². The van der Waals surface area contributed by atoms with E-state index in [0.717, 1.165) is 23.8 Å². The zero-order valence-corrected chi connectivity index (χ0v) is 17.9. The number of nitrogens with zero attached hydrogens (tertiary/aromatic N) is 1. The van der Waals surface area contributed by atoms with Crippen molar-refractivity contribution in [2.45, 2.75) is 19.8 Å². The first-order valence-corrected chi connectivity index (χ1v) is 9.65. The Labute approximate surface area is 188 Å². The number of hydrogen-bond donors (Lipinski definition) is 2. The highest BCUT2D eigenvalue weighted by Gasteiger charge is 2.12. The topological polar surface area (TPSA) is 79.9 Å². The molecule has 0 aliphatic carbocycles. The Morgan fingerprint density at radius 1 is 1.03 bits per heavy atom. The number of hydrogen-bond acceptors (Lipinski definition) is 5. The first-order chi connectivity index (χ1) is 15.6. The maximum atomic E-state index is 12.6. The summed E-state index contributed by atoms with van der Waals surface area (Å²) in [5.74, 6) is -1.50. The smallest absolute Gasteiger partial charge is 0.387 e. The van der Waals surface area contributed by atoms with Crippen molar-refractivity contribution in [1.82, 2.24) is 10.2 Å². The van der Waals surface area contributed by atoms with Gasteiger partial charge in [-0.2, -0.15) is 17.6 Å². The van der Waals surface area contributed by atoms with Crippen LogP contribution in [0.5, 0.6) is 11.5 Å². The lowest BCUT2D eigenvalue weighted by molar-refractivity contribution is -0.117. The average molecular weight is 469 g/mol. The summed E-state index contributed by atoms with van der Waals surface area (Å²) < 4.78 is 58.4. The van der Waals surface area contributed by atoms with Crippen LogP contribution in [0, 0.1) is 0 Å². The molecule has 0 aliphatic rings. The molecule has 2 amide bonds. The Morgan fingerprint density at radius 3 is 2.42 bits per heavy atom. The van der Waals surface area contributed by atoms with Gasteiger partial charge >= 0.3 is 13.2 Å². The molecule has 33 heavy (non-hydrogen) atoms. The standard InChI is InChI=1S/C22H23F4N3O4/c1-29(2)13-20(31)28-16-5-3-4-14(10-16)12-27-19(30)9-7-15-6-8-17(32-21(23)24)11-18(15)33-22(25)26/h3-11,21-22H,12-13H2,1-2H3,(H,27,30)(H,28,31)/b9-7+. The molecule has 0 spiro atoms. The van der Waals surface area contributed by atoms with Crippen molar-refractivity contribution in [2.75, 3.05) is 26.0 Å². The summed E-state index contributed by atoms with van der Waals surface area (Å²) in [6.07, 6.45) is 2.29. The van der Waals surface area contributed by atoms with Crippen molar-refractivity contribution in [2.24, 2.45) is 0 Å². The van der Waals surface area contributed by atoms with Gasteiger partial charge in [-0.3, -0.25) is 9.59 Å². The van der Waals surface area contributed by atoms with Crippen LogP contribution in [0.1, 0.15) is 11.1 Å². The molecule has 0 bridgehead atoms. The van der Waals surface area contributed by atoms with Crippen LogP contribution >= 0.6 is 0 Å². The van der Waals surface area contributed by atoms with E-state index < -0.39 is 24.9 Å². The number of rotatable bonds is 11. The second-order valence-electron chi connectivity index (χ2n) is 6.99. The van der Waals surface area contributed by atoms with Gasteiger partial charge in [0.2, 0.25) is 11.8 Å². The predicted molar refractivity (Wildman–Crippen MR) is 114 cm³/mol. The van der Waals surface area contributed by atoms with E-state index in [-0.39, 0.29) is 30.3 Å². The van der Waals surface area contributed by atoms with Gasteiger partial charge in [0.05, 0.1) is 6.54 Å². The van der Waals surface area contributed by atoms with Gasteiger partial charge in [0.15, 0.2) is 0 Å². The van der Waals surface area contributed by atoms with Gasteiger partial charge in [-0.1, -0.05) is 12.1 Å². The maximum absolute atomic E-state index is 12.6. The lowest BCUT2D eigenvalue weighted by Crippen LogP contribution is -2.27. The lowest BCUT2D eigenvalue weighted by atomic mass is 10.1. The van der Waals surface area contributed by atoms with Crippen LogP contribution in [0.25, 0.3) is 6.08 Å². The molecule has 0 radical (unpaired) electrons. The molecule has 178 valence electrons. The maximum Gasteiger partial charge on any atom is 0.387 e. The molecule has 11 heteroatoms. The zero-order valence-electron chi connectivity index (χ0n) is 17.9. The van der Waals surface area contributed by atoms with E-state index in [0.29, 0.717) is 5.69 Å². The first kappa shape index (κ1) is 25.7. The Balaban J connectivity index is 2.00. The Hall–Kier alpha value is -3.60. The fraction of sp³-hybridized carbons (Fsp3) is 0.273. The normalized spacial score (nSPS) is 11.3. The van der Waals surface area contributed by atoms with Gasteiger partial charge in [-0.25, -0.2) is 0 Å². The van der Waals surface area contributed by atoms with E-state index in [2.05, 4.69) is 20.1 Å². The van der Waals surface area contributed by atoms with Crippen molar-refractivity contribution in [1.29, 1.82) is 0 Å². The first-order valence-electron chi connectivity index (χ1n) is 9.65. The fourth-order valence-corrected chi connectivity index (χ4v) is 2.69. The minimum absolute atomic E-state index is 0.0673. The van der Waals surface area contributed by atoms with E-state index in [4.69, 9.17) is 0 Å². The number of likely N-dealkylation sites (N-methyl/N-ethyl adjacent to an activating group) is 1. The number of alkyl halides is 4. The number of nitrogens with one attached hydrogen (secondary N) is 2. The van der Waals surface area contributed by atoms with Crippen molar-refractivity contribution in [3.05, 3.63) is 59.7 Å². The molecule has 7 nitrogen and oxygen atoms in total. The summed E-state index contributed by atoms with van der Waals surface area (Å²) in [7, 11) is 3.54. The van der Waals surface area contributed by atoms with Crippen LogP contribution in [-0.2, 0) is 16.1 Å². The predicted octanol–water partition coefficient (Wildman–Crippen LogP) is 3.72. The number of halogens is 4. The summed E-state index contributed by atoms with van der Waals surface area (Å²) in [6, 6.07) is 10.1. The summed E-state index contributed by atoms with van der Waals surface area (Å²) in [5.41, 5.74) is 1.36. The van der Waals surface area contributed by atoms with Crippen LogP contribution in [0.4, 0.5) is 23.2 Å². The highest BCUT2D eigenvalue weighted by atomic mass is 19.3. The summed E-state index contributed by atoms with van der Waals surface area (Å²) in [5, 5.41) is 5.37. The molecule has 0 heterocycles. The molecule has 0 aliphatic heterocycles. The number of carbonyl (C=O) groups excluding carboxylic acids is 2. The van der Waals surface area contributed by atoms with Crippen molar-refractivity contribution in [3.63, 3.8) is 0 Å². The largest absolute Gasteiger partial charge is 0.435 e. The SMILES string of the molecule is CN(C)CC(=O)Nc1cccc(CNC(=O)/C=C/c2ccc(OC(F)F)cc2OC(F)F)c1. The number of anilines is 1. The van der Waals surface area contributed by atoms with Crippen LogP contribution in [-0.4, -0.2) is 50.6 Å². The van der Waals surface area contributed by atoms with Gasteiger partial charge in [0.25, 0.3) is 0 Å². The Morgan fingerprint density at radius 2 is 1.76 bits per heavy atom. The summed E-state index contributed by atoms with van der Waals surface area (Å²) >= 11 is 0. The molecule has 0 saturated carbocycles. The third-order valence-corrected chi connectivity index (χ3v) is 3.98. The number of benzene rings is 2. The van der Waals surface area contributed by atoms with Gasteiger partial charge in [0.1, 0.15) is 11.5 Å². The van der Waals surface area contributed by atoms with Crippen LogP contribution in [0.3, 0.4) is 0 Å². The third-order valence-electron chi connectivity index (χ3n) is 3.98. The van der Waals surface area contributed by atoms with Crippen molar-refractivity contribution < 1.29 is 36.6 Å². The van der Waals surface area contributed by atoms with Crippen molar-refractivity contribution >= 4 is 23.6 Å². The molecule has 2 aromatic rings. The lowest BCUT2D eigenvalue weighted by Gasteiger charge is -2.11. The molecular formula is C22H23F4N3O4. The Bertz CT molecular complexity index is 984. The van der Waals surface area contributed by atoms with E-state index in [9.17, 15) is 27.2 Å². The summed E-state index contributed by atoms with van der Waals surface area (Å²) in [4.78, 5) is 25.7. The van der Waals surface area contributed by atoms with E-state index >= 15 is 0 Å². The highest BCUT2D eigenvalue weighted by molar-refractivity contribution is 5.93. The molecule has 0 unspecified atom stereocenters.